The smallest absolute Gasteiger partial charge is 1.00 e. The monoisotopic (exact) mass is 2130 g/mol. The quantitative estimate of drug-likeness (QED) is 0.0192. The van der Waals surface area contributed by atoms with Crippen LogP contribution in [0.4, 0.5) is 0 Å². The van der Waals surface area contributed by atoms with Crippen LogP contribution in [0.3, 0.4) is 0 Å². The zero-order valence-corrected chi connectivity index (χ0v) is 93.4. The molecule has 0 unspecified atom stereocenters. The third-order valence-electron chi connectivity index (χ3n) is 22.4. The standard InChI is InChI=1S/C20H13Cl2N.4C18H15P.C17H20BO2.C9H4Cl3N.CH2O3.2K.Pd.H/c1-12-9-13-5-2-3-6-14(13)15(10-12)19-11-17(22)20-16(21)7-4-8-18(20)23-19;4*1-4-10-16(11-5-1)19(17-12-6-2-7-13-17)18-14-8-3-9-15-18;1-12-10-13-8-6-7-9-14(13)15(11-12)18-19-16(2,3)17(4,5)20-18;10-5-2-1-3-7-9(5)6(11)4-8(12)13-7;2-1-4-3;;;;/h2-11H,1H3;4*1-15H;6,8-11H,1-5H3;1-4H;1,3H;;;;/q;;;;;+1;;;2*+1;;-1/p-1. The summed E-state index contributed by atoms with van der Waals surface area (Å²) in [6.07, 6.45) is 9.18. The molecule has 2 aliphatic rings. The van der Waals surface area contributed by atoms with Gasteiger partial charge in [0.1, 0.15) is 17.3 Å². The number of nitrogens with zero attached hydrogens (tertiary/aromatic N) is 2. The Kier molecular flexibility index (Phi) is 45.3. The zero-order valence-electron chi connectivity index (χ0n) is 79.2. The first-order valence-electron chi connectivity index (χ1n) is 44.3. The Morgan fingerprint density at radius 2 is 0.633 bits per heavy atom. The topological polar surface area (TPSA) is 93.6 Å². The van der Waals surface area contributed by atoms with Crippen LogP contribution in [0.2, 0.25) is 25.2 Å². The molecule has 3 heterocycles. The van der Waals surface area contributed by atoms with Crippen molar-refractivity contribution < 1.29 is 149 Å². The molecule has 1 aliphatic heterocycles. The van der Waals surface area contributed by atoms with Gasteiger partial charge in [0.15, 0.2) is 0 Å². The zero-order chi connectivity index (χ0) is 95.0. The number of halogens is 5. The first kappa shape index (κ1) is 111. The summed E-state index contributed by atoms with van der Waals surface area (Å²) in [7, 11) is -2.11. The van der Waals surface area contributed by atoms with Crippen LogP contribution in [0.15, 0.2) is 467 Å². The Hall–Kier alpha value is -8.27. The fraction of sp³-hybridized carbons (Fsp3) is 0.0672. The fourth-order valence-corrected chi connectivity index (χ4v) is 26.2. The molecule has 7 nitrogen and oxygen atoms in total. The van der Waals surface area contributed by atoms with Crippen molar-refractivity contribution >= 4 is 217 Å². The molecule has 0 bridgehead atoms. The molecular formula is C119H99BCl5K2N2O5P4Pd+. The molecular weight excluding hydrogens is 2030 g/mol. The average Bonchev–Trinajstić information content (AvgIpc) is 1.59. The molecule has 0 N–H and O–H groups in total. The van der Waals surface area contributed by atoms with Crippen LogP contribution < -0.4 is 177 Å². The molecule has 0 atom stereocenters. The number of aryl methyl sites for hydroxylation is 2. The normalized spacial score (nSPS) is 11.9. The molecule has 17 aromatic carbocycles. The van der Waals surface area contributed by atoms with E-state index in [1.807, 2.05) is 60.7 Å². The SMILES string of the molecule is Cc1cc(-c2cc(Cl)c3c(Cl)cccc3n2)c2ccccc2c1.Cc1cc2c(c(B3OC(C)(C)C(C)(C)O3)c1)C=[C+]C=C2.Clc1cc(Cl)c2c(Cl)cccc2n1.O=CO[O-].[H-].[K+].[K+].[Pd].c1ccc(P(c2ccccc2)c2ccccc2)cc1.c1ccc(P(c2ccccc2)c2ccccc2)cc1.c1ccc(P(c2ccccc2)c2ccccc2)cc1.c1ccc(P(c2ccccc2)c2ccccc2)cc1. The molecule has 19 aromatic rings. The summed E-state index contributed by atoms with van der Waals surface area (Å²) in [5, 5.41) is 31.9. The van der Waals surface area contributed by atoms with Crippen LogP contribution in [-0.4, -0.2) is 34.8 Å². The van der Waals surface area contributed by atoms with E-state index in [1.165, 1.54) is 91.1 Å². The second-order valence-corrected chi connectivity index (χ2v) is 43.3. The molecule has 0 radical (unpaired) electrons. The minimum absolute atomic E-state index is 0. The van der Waals surface area contributed by atoms with Gasteiger partial charge in [0, 0.05) is 48.3 Å². The van der Waals surface area contributed by atoms with Crippen LogP contribution in [-0.2, 0) is 39.4 Å². The minimum Gasteiger partial charge on any atom is -1.00 e. The molecule has 20 heteroatoms. The van der Waals surface area contributed by atoms with Crippen molar-refractivity contribution in [3.8, 4) is 11.3 Å². The molecule has 1 aliphatic carbocycles. The van der Waals surface area contributed by atoms with Gasteiger partial charge in [-0.05, 0) is 213 Å². The van der Waals surface area contributed by atoms with Gasteiger partial charge in [-0.15, -0.1) is 0 Å². The second kappa shape index (κ2) is 56.7. The van der Waals surface area contributed by atoms with E-state index in [2.05, 4.69) is 464 Å². The number of aromatic nitrogens is 2. The van der Waals surface area contributed by atoms with Gasteiger partial charge in [0.25, 0.3) is 6.47 Å². The Morgan fingerprint density at radius 3 is 0.942 bits per heavy atom. The largest absolute Gasteiger partial charge is 1.00 e. The third kappa shape index (κ3) is 30.9. The van der Waals surface area contributed by atoms with E-state index in [4.69, 9.17) is 82.3 Å². The average molecular weight is 2130 g/mol. The summed E-state index contributed by atoms with van der Waals surface area (Å²) in [5.74, 6) is 0. The predicted octanol–water partition coefficient (Wildman–Crippen LogP) is 20.3. The van der Waals surface area contributed by atoms with Crippen molar-refractivity contribution in [1.29, 1.82) is 0 Å². The van der Waals surface area contributed by atoms with Crippen molar-refractivity contribution in [2.45, 2.75) is 52.7 Å². The van der Waals surface area contributed by atoms with Crippen LogP contribution in [0.5, 0.6) is 0 Å². The number of pyridine rings is 2. The van der Waals surface area contributed by atoms with Gasteiger partial charge < -0.3 is 20.9 Å². The summed E-state index contributed by atoms with van der Waals surface area (Å²) < 4.78 is 12.4. The molecule has 2 aromatic heterocycles. The molecule has 1 saturated heterocycles. The number of fused-ring (bicyclic) bond motifs is 4. The van der Waals surface area contributed by atoms with Crippen LogP contribution in [0, 0.1) is 19.9 Å². The van der Waals surface area contributed by atoms with Crippen molar-refractivity contribution in [2.75, 3.05) is 0 Å². The molecule has 684 valence electrons. The van der Waals surface area contributed by atoms with Gasteiger partial charge >= 0.3 is 110 Å². The molecule has 1 fully saturated rings. The van der Waals surface area contributed by atoms with E-state index >= 15 is 0 Å². The van der Waals surface area contributed by atoms with Crippen molar-refractivity contribution in [3.05, 3.63) is 521 Å². The first-order chi connectivity index (χ1) is 66.3. The summed E-state index contributed by atoms with van der Waals surface area (Å²) in [6, 6.07) is 161. The Labute approximate surface area is 948 Å². The van der Waals surface area contributed by atoms with E-state index in [0.717, 1.165) is 38.6 Å². The van der Waals surface area contributed by atoms with Gasteiger partial charge in [-0.2, -0.15) is 0 Å². The summed E-state index contributed by atoms with van der Waals surface area (Å²) in [5.41, 5.74) is 8.71. The Morgan fingerprint density at radius 1 is 0.353 bits per heavy atom. The van der Waals surface area contributed by atoms with Crippen LogP contribution in [0.25, 0.3) is 56.0 Å². The number of hydrogen-bond donors (Lipinski definition) is 0. The minimum atomic E-state index is -0.446. The number of rotatable bonds is 15. The fourth-order valence-electron chi connectivity index (χ4n) is 15.5. The van der Waals surface area contributed by atoms with E-state index < -0.39 is 31.7 Å². The van der Waals surface area contributed by atoms with Gasteiger partial charge in [0.2, 0.25) is 0 Å². The van der Waals surface area contributed by atoms with E-state index in [0.29, 0.717) is 30.8 Å². The van der Waals surface area contributed by atoms with Gasteiger partial charge in [-0.3, -0.25) is 4.79 Å². The summed E-state index contributed by atoms with van der Waals surface area (Å²) in [6.45, 7) is 12.3. The summed E-state index contributed by atoms with van der Waals surface area (Å²) in [4.78, 5) is 20.1. The number of hydrogen-bond acceptors (Lipinski definition) is 7. The Balaban J connectivity index is 0.000000167. The Bertz CT molecular complexity index is 6240. The van der Waals surface area contributed by atoms with Crippen LogP contribution in [0.1, 0.15) is 51.4 Å². The van der Waals surface area contributed by atoms with Crippen molar-refractivity contribution in [1.82, 2.24) is 9.97 Å². The second-order valence-electron chi connectivity index (χ2n) is 32.4. The van der Waals surface area contributed by atoms with Crippen molar-refractivity contribution in [3.63, 3.8) is 0 Å². The number of allylic oxidation sites excluding steroid dienone is 2. The molecule has 0 amide bonds. The van der Waals surface area contributed by atoms with E-state index in [1.54, 1.807) is 12.1 Å². The van der Waals surface area contributed by atoms with E-state index in [-0.39, 0.29) is 149 Å². The number of benzene rings is 17. The maximum Gasteiger partial charge on any atom is 1.00 e. The van der Waals surface area contributed by atoms with Gasteiger partial charge in [-0.25, -0.2) is 9.97 Å². The van der Waals surface area contributed by atoms with Gasteiger partial charge in [-0.1, -0.05) is 464 Å². The summed E-state index contributed by atoms with van der Waals surface area (Å²) >= 11 is 30.4. The molecule has 21 rings (SSSR count). The molecule has 139 heavy (non-hydrogen) atoms. The van der Waals surface area contributed by atoms with Gasteiger partial charge in [0.05, 0.1) is 65.2 Å². The molecule has 0 saturated carbocycles. The van der Waals surface area contributed by atoms with Crippen molar-refractivity contribution in [2.24, 2.45) is 0 Å². The maximum absolute atomic E-state index is 8.64. The third-order valence-corrected chi connectivity index (χ3v) is 33.6. The number of carbonyl (C=O) groups excluding carboxylic acids is 1. The predicted molar refractivity (Wildman–Crippen MR) is 589 cm³/mol. The number of carbonyl (C=O) groups is 1. The molecule has 0 spiro atoms. The van der Waals surface area contributed by atoms with E-state index in [9.17, 15) is 0 Å². The first-order valence-corrected chi connectivity index (χ1v) is 51.5. The van der Waals surface area contributed by atoms with Crippen LogP contribution >= 0.6 is 89.7 Å². The maximum atomic E-state index is 8.64.